The maximum atomic E-state index is 12.7. The molecule has 0 fully saturated rings. The Hall–Kier alpha value is -2.19. The van der Waals surface area contributed by atoms with Crippen molar-refractivity contribution in [2.75, 3.05) is 18.1 Å². The second-order valence-electron chi connectivity index (χ2n) is 7.11. The molecular weight excluding hydrogens is 446 g/mol. The lowest BCUT2D eigenvalue weighted by molar-refractivity contribution is -0.141. The number of nitrogens with two attached hydrogens (primary N) is 3. The minimum absolute atomic E-state index is 0.0425. The van der Waals surface area contributed by atoms with Crippen LogP contribution in [0, 0.1) is 5.92 Å². The molecule has 0 aliphatic carbocycles. The Kier molecular flexibility index (Phi) is 13.7. The van der Waals surface area contributed by atoms with Crippen LogP contribution in [0.25, 0.3) is 0 Å². The van der Waals surface area contributed by atoms with Gasteiger partial charge in [-0.1, -0.05) is 13.8 Å². The van der Waals surface area contributed by atoms with Crippen LogP contribution in [0.2, 0.25) is 0 Å². The lowest BCUT2D eigenvalue weighted by Gasteiger charge is -2.24. The Bertz CT molecular complexity index is 659. The van der Waals surface area contributed by atoms with Crippen LogP contribution >= 0.6 is 25.3 Å². The van der Waals surface area contributed by atoms with Crippen LogP contribution in [0.4, 0.5) is 0 Å². The summed E-state index contributed by atoms with van der Waals surface area (Å²) in [6.07, 6.45) is 0.441. The van der Waals surface area contributed by atoms with E-state index in [0.29, 0.717) is 6.42 Å². The minimum Gasteiger partial charge on any atom is -0.480 e. The van der Waals surface area contributed by atoms with Crippen molar-refractivity contribution in [3.63, 3.8) is 0 Å². The van der Waals surface area contributed by atoms with Crippen molar-refractivity contribution in [3.05, 3.63) is 0 Å². The second kappa shape index (κ2) is 14.8. The number of aliphatic imine (C=N–C) groups is 1. The van der Waals surface area contributed by atoms with Gasteiger partial charge >= 0.3 is 5.97 Å². The topological polar surface area (TPSA) is 215 Å². The molecular formula is C17H33N7O5S2. The first-order valence-electron chi connectivity index (χ1n) is 9.61. The summed E-state index contributed by atoms with van der Waals surface area (Å²) >= 11 is 7.98. The van der Waals surface area contributed by atoms with E-state index in [4.69, 9.17) is 22.3 Å². The number of amides is 3. The first kappa shape index (κ1) is 28.8. The van der Waals surface area contributed by atoms with Gasteiger partial charge in [0.15, 0.2) is 5.96 Å². The first-order chi connectivity index (χ1) is 14.4. The zero-order chi connectivity index (χ0) is 24.1. The van der Waals surface area contributed by atoms with Crippen molar-refractivity contribution in [3.8, 4) is 0 Å². The number of hydrogen-bond donors (Lipinski definition) is 9. The van der Waals surface area contributed by atoms with E-state index >= 15 is 0 Å². The third kappa shape index (κ3) is 11.1. The number of carbonyl (C=O) groups is 4. The molecule has 12 nitrogen and oxygen atoms in total. The molecule has 0 aliphatic heterocycles. The lowest BCUT2D eigenvalue weighted by Crippen LogP contribution is -2.58. The molecule has 4 atom stereocenters. The van der Waals surface area contributed by atoms with Crippen molar-refractivity contribution in [1.29, 1.82) is 0 Å². The summed E-state index contributed by atoms with van der Waals surface area (Å²) in [5.41, 5.74) is 16.3. The molecule has 0 aromatic carbocycles. The summed E-state index contributed by atoms with van der Waals surface area (Å²) in [6, 6.07) is -4.20. The van der Waals surface area contributed by atoms with Crippen LogP contribution in [-0.4, -0.2) is 77.0 Å². The standard InChI is InChI=1S/C17H33N7O5S2/c1-8(2)12(18)15(27)23-10(6-30)14(26)22-9(4-3-5-21-17(19)20)13(25)24-11(7-31)16(28)29/h8-12,30-31H,3-7,18H2,1-2H3,(H,22,26)(H,23,27)(H,24,25)(H,28,29)(H4,19,20,21). The molecule has 0 rings (SSSR count). The first-order valence-corrected chi connectivity index (χ1v) is 10.9. The number of nitrogens with zero attached hydrogens (tertiary/aromatic N) is 1. The number of carboxylic acid groups (broad SMARTS) is 1. The number of hydrogen-bond acceptors (Lipinski definition) is 8. The average molecular weight is 480 g/mol. The molecule has 0 spiro atoms. The molecule has 0 aromatic heterocycles. The average Bonchev–Trinajstić information content (AvgIpc) is 2.70. The van der Waals surface area contributed by atoms with Crippen LogP contribution in [-0.2, 0) is 19.2 Å². The third-order valence-electron chi connectivity index (χ3n) is 4.21. The molecule has 14 heteroatoms. The van der Waals surface area contributed by atoms with Gasteiger partial charge in [0.2, 0.25) is 17.7 Å². The van der Waals surface area contributed by atoms with Gasteiger partial charge in [-0.15, -0.1) is 0 Å². The summed E-state index contributed by atoms with van der Waals surface area (Å²) in [5.74, 6) is -3.63. The number of aliphatic carboxylic acids is 1. The highest BCUT2D eigenvalue weighted by Crippen LogP contribution is 2.04. The summed E-state index contributed by atoms with van der Waals surface area (Å²) in [7, 11) is 0. The summed E-state index contributed by atoms with van der Waals surface area (Å²) in [5, 5.41) is 16.4. The lowest BCUT2D eigenvalue weighted by atomic mass is 10.0. The summed E-state index contributed by atoms with van der Waals surface area (Å²) in [4.78, 5) is 52.4. The maximum Gasteiger partial charge on any atom is 0.327 e. The van der Waals surface area contributed by atoms with Gasteiger partial charge in [-0.05, 0) is 18.8 Å². The molecule has 0 saturated carbocycles. The number of guanidine groups is 1. The molecule has 4 unspecified atom stereocenters. The van der Waals surface area contributed by atoms with E-state index in [1.807, 2.05) is 0 Å². The van der Waals surface area contributed by atoms with E-state index in [9.17, 15) is 19.2 Å². The number of nitrogens with one attached hydrogen (secondary N) is 3. The van der Waals surface area contributed by atoms with Crippen molar-refractivity contribution < 1.29 is 24.3 Å². The fraction of sp³-hybridized carbons (Fsp3) is 0.706. The Morgan fingerprint density at radius 2 is 1.39 bits per heavy atom. The molecule has 0 radical (unpaired) electrons. The highest BCUT2D eigenvalue weighted by Gasteiger charge is 2.29. The Balaban J connectivity index is 5.29. The van der Waals surface area contributed by atoms with Gasteiger partial charge < -0.3 is 38.3 Å². The molecule has 0 heterocycles. The second-order valence-corrected chi connectivity index (χ2v) is 7.84. The van der Waals surface area contributed by atoms with E-state index < -0.39 is 47.9 Å². The van der Waals surface area contributed by atoms with E-state index in [0.717, 1.165) is 0 Å². The van der Waals surface area contributed by atoms with Crippen LogP contribution in [0.1, 0.15) is 26.7 Å². The molecule has 0 saturated heterocycles. The highest BCUT2D eigenvalue weighted by atomic mass is 32.1. The highest BCUT2D eigenvalue weighted by molar-refractivity contribution is 7.80. The number of rotatable bonds is 14. The zero-order valence-electron chi connectivity index (χ0n) is 17.6. The smallest absolute Gasteiger partial charge is 0.327 e. The Morgan fingerprint density at radius 1 is 0.903 bits per heavy atom. The molecule has 0 aliphatic rings. The van der Waals surface area contributed by atoms with E-state index in [2.05, 4.69) is 46.2 Å². The third-order valence-corrected chi connectivity index (χ3v) is 4.94. The number of carboxylic acids is 1. The van der Waals surface area contributed by atoms with Crippen molar-refractivity contribution in [2.45, 2.75) is 50.9 Å². The predicted molar refractivity (Wildman–Crippen MR) is 124 cm³/mol. The molecule has 0 aromatic rings. The van der Waals surface area contributed by atoms with E-state index in [1.165, 1.54) is 0 Å². The quantitative estimate of drug-likeness (QED) is 0.0557. The van der Waals surface area contributed by atoms with Crippen LogP contribution < -0.4 is 33.2 Å². The monoisotopic (exact) mass is 479 g/mol. The fourth-order valence-electron chi connectivity index (χ4n) is 2.27. The van der Waals surface area contributed by atoms with Crippen LogP contribution in [0.5, 0.6) is 0 Å². The number of carbonyl (C=O) groups excluding carboxylic acids is 3. The molecule has 10 N–H and O–H groups in total. The largest absolute Gasteiger partial charge is 0.480 e. The molecule has 3 amide bonds. The van der Waals surface area contributed by atoms with Crippen molar-refractivity contribution >= 4 is 54.9 Å². The van der Waals surface area contributed by atoms with Gasteiger partial charge in [0.05, 0.1) is 6.04 Å². The number of thiol groups is 2. The predicted octanol–water partition coefficient (Wildman–Crippen LogP) is -2.58. The zero-order valence-corrected chi connectivity index (χ0v) is 19.4. The van der Waals surface area contributed by atoms with Gasteiger partial charge in [0, 0.05) is 18.1 Å². The normalized spacial score (nSPS) is 14.6. The minimum atomic E-state index is -1.27. The van der Waals surface area contributed by atoms with Crippen LogP contribution in [0.15, 0.2) is 4.99 Å². The van der Waals surface area contributed by atoms with Gasteiger partial charge in [0.25, 0.3) is 0 Å². The van der Waals surface area contributed by atoms with Crippen molar-refractivity contribution in [2.24, 2.45) is 28.1 Å². The van der Waals surface area contributed by atoms with Gasteiger partial charge in [0.1, 0.15) is 18.1 Å². The van der Waals surface area contributed by atoms with E-state index in [1.54, 1.807) is 13.8 Å². The van der Waals surface area contributed by atoms with Crippen LogP contribution in [0.3, 0.4) is 0 Å². The molecule has 178 valence electrons. The maximum absolute atomic E-state index is 12.7. The van der Waals surface area contributed by atoms with Gasteiger partial charge in [-0.2, -0.15) is 25.3 Å². The van der Waals surface area contributed by atoms with Crippen molar-refractivity contribution in [1.82, 2.24) is 16.0 Å². The molecule has 31 heavy (non-hydrogen) atoms. The SMILES string of the molecule is CC(C)C(N)C(=O)NC(CS)C(=O)NC(CCCN=C(N)N)C(=O)NC(CS)C(=O)O. The fourth-order valence-corrected chi connectivity index (χ4v) is 2.77. The summed E-state index contributed by atoms with van der Waals surface area (Å²) < 4.78 is 0. The Morgan fingerprint density at radius 3 is 1.84 bits per heavy atom. The van der Waals surface area contributed by atoms with Gasteiger partial charge in [-0.25, -0.2) is 4.79 Å². The van der Waals surface area contributed by atoms with Gasteiger partial charge in [-0.3, -0.25) is 19.4 Å². The Labute approximate surface area is 192 Å². The molecule has 0 bridgehead atoms. The van der Waals surface area contributed by atoms with E-state index in [-0.39, 0.29) is 36.3 Å². The summed E-state index contributed by atoms with van der Waals surface area (Å²) in [6.45, 7) is 3.72.